The fourth-order valence-corrected chi connectivity index (χ4v) is 2.29. The molecule has 0 fully saturated rings. The lowest BCUT2D eigenvalue weighted by Crippen LogP contribution is -2.38. The summed E-state index contributed by atoms with van der Waals surface area (Å²) in [5.41, 5.74) is 2.42. The summed E-state index contributed by atoms with van der Waals surface area (Å²) in [7, 11) is 0. The molecule has 2 N–H and O–H groups in total. The smallest absolute Gasteiger partial charge is 0.314 e. The highest BCUT2D eigenvalue weighted by Crippen LogP contribution is 2.23. The molecule has 3 nitrogen and oxygen atoms in total. The molecule has 0 atom stereocenters. The topological polar surface area (TPSA) is 41.1 Å². The van der Waals surface area contributed by atoms with Crippen molar-refractivity contribution in [1.29, 1.82) is 0 Å². The number of rotatable bonds is 6. The van der Waals surface area contributed by atoms with E-state index in [9.17, 15) is 4.79 Å². The maximum Gasteiger partial charge on any atom is 0.314 e. The van der Waals surface area contributed by atoms with Crippen LogP contribution in [0.3, 0.4) is 0 Å². The van der Waals surface area contributed by atoms with Gasteiger partial charge >= 0.3 is 6.03 Å². The summed E-state index contributed by atoms with van der Waals surface area (Å²) >= 11 is 0. The van der Waals surface area contributed by atoms with Crippen molar-refractivity contribution < 1.29 is 4.79 Å². The van der Waals surface area contributed by atoms with Crippen LogP contribution >= 0.6 is 0 Å². The van der Waals surface area contributed by atoms with Crippen molar-refractivity contribution in [2.45, 2.75) is 19.3 Å². The van der Waals surface area contributed by atoms with E-state index in [2.05, 4.69) is 34.9 Å². The molecule has 0 aliphatic rings. The molecule has 3 heteroatoms. The third kappa shape index (κ3) is 4.63. The monoisotopic (exact) mass is 282 g/mol. The van der Waals surface area contributed by atoms with E-state index in [4.69, 9.17) is 0 Å². The van der Waals surface area contributed by atoms with Gasteiger partial charge in [-0.15, -0.1) is 0 Å². The zero-order valence-electron chi connectivity index (χ0n) is 12.4. The van der Waals surface area contributed by atoms with Crippen molar-refractivity contribution in [3.63, 3.8) is 0 Å². The Morgan fingerprint density at radius 2 is 1.43 bits per heavy atom. The van der Waals surface area contributed by atoms with Gasteiger partial charge in [-0.3, -0.25) is 0 Å². The summed E-state index contributed by atoms with van der Waals surface area (Å²) in [6, 6.07) is 20.4. The second kappa shape index (κ2) is 8.10. The first-order valence-corrected chi connectivity index (χ1v) is 7.43. The molecule has 0 bridgehead atoms. The Morgan fingerprint density at radius 3 is 1.90 bits per heavy atom. The van der Waals surface area contributed by atoms with Crippen LogP contribution in [0.5, 0.6) is 0 Å². The molecule has 0 radical (unpaired) electrons. The highest BCUT2D eigenvalue weighted by molar-refractivity contribution is 5.73. The molecule has 0 aliphatic heterocycles. The van der Waals surface area contributed by atoms with Gasteiger partial charge in [0, 0.05) is 19.0 Å². The molecule has 0 heterocycles. The molecule has 0 saturated heterocycles. The lowest BCUT2D eigenvalue weighted by molar-refractivity contribution is 0.240. The fraction of sp³-hybridized carbons (Fsp3) is 0.278. The van der Waals surface area contributed by atoms with E-state index in [0.717, 1.165) is 6.42 Å². The zero-order valence-corrected chi connectivity index (χ0v) is 12.4. The molecule has 2 aromatic rings. The van der Waals surface area contributed by atoms with Crippen LogP contribution in [0.4, 0.5) is 4.79 Å². The molecule has 21 heavy (non-hydrogen) atoms. The normalized spacial score (nSPS) is 10.4. The Kier molecular flexibility index (Phi) is 5.83. The average molecular weight is 282 g/mol. The molecular formula is C18H22N2O. The fourth-order valence-electron chi connectivity index (χ4n) is 2.29. The van der Waals surface area contributed by atoms with Gasteiger partial charge in [0.15, 0.2) is 0 Å². The number of benzene rings is 2. The Morgan fingerprint density at radius 1 is 0.905 bits per heavy atom. The molecule has 0 aliphatic carbocycles. The van der Waals surface area contributed by atoms with E-state index in [1.807, 2.05) is 43.3 Å². The van der Waals surface area contributed by atoms with Crippen LogP contribution in [0.25, 0.3) is 0 Å². The van der Waals surface area contributed by atoms with Crippen LogP contribution in [0, 0.1) is 0 Å². The van der Waals surface area contributed by atoms with Crippen LogP contribution in [0.2, 0.25) is 0 Å². The van der Waals surface area contributed by atoms with Crippen LogP contribution in [-0.2, 0) is 0 Å². The van der Waals surface area contributed by atoms with Gasteiger partial charge in [-0.2, -0.15) is 0 Å². The Bertz CT molecular complexity index is 500. The molecule has 0 spiro atoms. The van der Waals surface area contributed by atoms with Crippen LogP contribution in [-0.4, -0.2) is 19.1 Å². The van der Waals surface area contributed by atoms with Gasteiger partial charge in [0.25, 0.3) is 0 Å². The molecule has 0 unspecified atom stereocenters. The Labute approximate surface area is 126 Å². The largest absolute Gasteiger partial charge is 0.338 e. The molecule has 0 aromatic heterocycles. The van der Waals surface area contributed by atoms with Crippen molar-refractivity contribution in [1.82, 2.24) is 10.6 Å². The average Bonchev–Trinajstić information content (AvgIpc) is 2.55. The minimum atomic E-state index is -0.103. The van der Waals surface area contributed by atoms with Crippen molar-refractivity contribution in [3.8, 4) is 0 Å². The second-order valence-corrected chi connectivity index (χ2v) is 5.01. The number of hydrogen-bond donors (Lipinski definition) is 2. The van der Waals surface area contributed by atoms with Crippen LogP contribution < -0.4 is 10.6 Å². The number of urea groups is 1. The first-order chi connectivity index (χ1) is 10.3. The zero-order chi connectivity index (χ0) is 14.9. The highest BCUT2D eigenvalue weighted by Gasteiger charge is 2.14. The maximum absolute atomic E-state index is 11.7. The molecule has 2 aromatic carbocycles. The standard InChI is InChI=1S/C18H22N2O/c1-2-13-19-18(21)20-14-17(15-9-5-3-6-10-15)16-11-7-4-8-12-16/h3-12,17H,2,13-14H2,1H3,(H2,19,20,21). The van der Waals surface area contributed by atoms with E-state index in [0.29, 0.717) is 13.1 Å². The van der Waals surface area contributed by atoms with E-state index in [-0.39, 0.29) is 11.9 Å². The quantitative estimate of drug-likeness (QED) is 0.836. The molecular weight excluding hydrogens is 260 g/mol. The molecule has 110 valence electrons. The van der Waals surface area contributed by atoms with Crippen molar-refractivity contribution >= 4 is 6.03 Å². The number of amides is 2. The first kappa shape index (κ1) is 15.1. The van der Waals surface area contributed by atoms with Crippen molar-refractivity contribution in [2.75, 3.05) is 13.1 Å². The van der Waals surface area contributed by atoms with E-state index < -0.39 is 0 Å². The number of nitrogens with one attached hydrogen (secondary N) is 2. The minimum absolute atomic E-state index is 0.103. The summed E-state index contributed by atoms with van der Waals surface area (Å²) in [5, 5.41) is 5.81. The molecule has 2 amide bonds. The molecule has 0 saturated carbocycles. The molecule has 2 rings (SSSR count). The summed E-state index contributed by atoms with van der Waals surface area (Å²) in [6.07, 6.45) is 0.939. The number of hydrogen-bond acceptors (Lipinski definition) is 1. The maximum atomic E-state index is 11.7. The second-order valence-electron chi connectivity index (χ2n) is 5.01. The summed E-state index contributed by atoms with van der Waals surface area (Å²) in [6.45, 7) is 3.33. The van der Waals surface area contributed by atoms with E-state index in [1.165, 1.54) is 11.1 Å². The van der Waals surface area contributed by atoms with Gasteiger partial charge in [-0.1, -0.05) is 67.6 Å². The van der Waals surface area contributed by atoms with Crippen molar-refractivity contribution in [3.05, 3.63) is 71.8 Å². The number of carbonyl (C=O) groups is 1. The third-order valence-corrected chi connectivity index (χ3v) is 3.41. The summed E-state index contributed by atoms with van der Waals surface area (Å²) in [5.74, 6) is 0.166. The van der Waals surface area contributed by atoms with Gasteiger partial charge in [-0.05, 0) is 17.5 Å². The van der Waals surface area contributed by atoms with Crippen LogP contribution in [0.1, 0.15) is 30.4 Å². The summed E-state index contributed by atoms with van der Waals surface area (Å²) in [4.78, 5) is 11.7. The first-order valence-electron chi connectivity index (χ1n) is 7.43. The highest BCUT2D eigenvalue weighted by atomic mass is 16.2. The summed E-state index contributed by atoms with van der Waals surface area (Å²) < 4.78 is 0. The Hall–Kier alpha value is -2.29. The SMILES string of the molecule is CCCNC(=O)NCC(c1ccccc1)c1ccccc1. The van der Waals surface area contributed by atoms with Gasteiger partial charge in [-0.25, -0.2) is 4.79 Å². The van der Waals surface area contributed by atoms with E-state index in [1.54, 1.807) is 0 Å². The van der Waals surface area contributed by atoms with Gasteiger partial charge < -0.3 is 10.6 Å². The van der Waals surface area contributed by atoms with Gasteiger partial charge in [0.2, 0.25) is 0 Å². The lowest BCUT2D eigenvalue weighted by atomic mass is 9.91. The predicted molar refractivity (Wildman–Crippen MR) is 86.4 cm³/mol. The Balaban J connectivity index is 2.09. The minimum Gasteiger partial charge on any atom is -0.338 e. The van der Waals surface area contributed by atoms with E-state index >= 15 is 0 Å². The lowest BCUT2D eigenvalue weighted by Gasteiger charge is -2.19. The van der Waals surface area contributed by atoms with Crippen molar-refractivity contribution in [2.24, 2.45) is 0 Å². The van der Waals surface area contributed by atoms with Crippen LogP contribution in [0.15, 0.2) is 60.7 Å². The van der Waals surface area contributed by atoms with Gasteiger partial charge in [0.1, 0.15) is 0 Å². The van der Waals surface area contributed by atoms with Gasteiger partial charge in [0.05, 0.1) is 0 Å². The predicted octanol–water partition coefficient (Wildman–Crippen LogP) is 3.53. The number of carbonyl (C=O) groups excluding carboxylic acids is 1. The third-order valence-electron chi connectivity index (χ3n) is 3.41.